The molecule has 0 fully saturated rings. The predicted molar refractivity (Wildman–Crippen MR) is 233 cm³/mol. The largest absolute Gasteiger partial charge is 0.481 e. The molecule has 0 radical (unpaired) electrons. The van der Waals surface area contributed by atoms with E-state index in [1.165, 1.54) is 24.3 Å². The SMILES string of the molecule is CC1(C)C(=CC=C2CCCC(C=CC3=[N+](CCCCS(=O)(=O)O)c4ccc(S(=O)(=O)O)cc4C3(C)C)=C2NCCC(=O)O)N(CCCCS(=O)(=O)O)c2ccc(S(=O)(=O)O)cc21. The molecule has 0 amide bonds. The summed E-state index contributed by atoms with van der Waals surface area (Å²) >= 11 is 0. The third-order valence-electron chi connectivity index (χ3n) is 11.5. The molecule has 21 heteroatoms. The van der Waals surface area contributed by atoms with Gasteiger partial charge in [0.2, 0.25) is 5.69 Å². The van der Waals surface area contributed by atoms with Crippen LogP contribution in [0, 0.1) is 0 Å². The summed E-state index contributed by atoms with van der Waals surface area (Å²) in [5.41, 5.74) is 4.75. The number of carboxylic acid groups (broad SMARTS) is 1. The number of benzene rings is 2. The zero-order valence-corrected chi connectivity index (χ0v) is 38.2. The Morgan fingerprint density at radius 3 is 1.95 bits per heavy atom. The smallest absolute Gasteiger partial charge is 0.305 e. The number of rotatable bonds is 19. The van der Waals surface area contributed by atoms with Gasteiger partial charge in [0.25, 0.3) is 40.5 Å². The van der Waals surface area contributed by atoms with Gasteiger partial charge in [-0.3, -0.25) is 23.0 Å². The number of fused-ring (bicyclic) bond motifs is 2. The maximum Gasteiger partial charge on any atom is 0.305 e. The third-order valence-corrected chi connectivity index (χ3v) is 14.8. The molecule has 62 heavy (non-hydrogen) atoms. The summed E-state index contributed by atoms with van der Waals surface area (Å²) in [7, 11) is -17.5. The minimum Gasteiger partial charge on any atom is -0.481 e. The first-order chi connectivity index (χ1) is 28.6. The lowest BCUT2D eigenvalue weighted by Gasteiger charge is -2.28. The second kappa shape index (κ2) is 18.5. The predicted octanol–water partition coefficient (Wildman–Crippen LogP) is 5.56. The number of nitrogens with one attached hydrogen (secondary N) is 1. The lowest BCUT2D eigenvalue weighted by atomic mass is 9.81. The van der Waals surface area contributed by atoms with Crippen molar-refractivity contribution in [1.82, 2.24) is 5.32 Å². The molecule has 0 unspecified atom stereocenters. The highest BCUT2D eigenvalue weighted by Crippen LogP contribution is 2.49. The Kier molecular flexibility index (Phi) is 14.5. The van der Waals surface area contributed by atoms with Gasteiger partial charge in [0, 0.05) is 59.7 Å². The van der Waals surface area contributed by atoms with Crippen molar-refractivity contribution in [3.05, 3.63) is 94.4 Å². The van der Waals surface area contributed by atoms with Gasteiger partial charge in [-0.15, -0.1) is 0 Å². The number of anilines is 1. The monoisotopic (exact) mass is 940 g/mol. The minimum absolute atomic E-state index is 0.0942. The van der Waals surface area contributed by atoms with Gasteiger partial charge in [-0.25, -0.2) is 0 Å². The molecule has 2 aromatic carbocycles. The molecule has 340 valence electrons. The van der Waals surface area contributed by atoms with Gasteiger partial charge in [0.05, 0.1) is 33.1 Å². The second-order valence-electron chi connectivity index (χ2n) is 16.6. The molecule has 2 aromatic rings. The van der Waals surface area contributed by atoms with Crippen molar-refractivity contribution >= 4 is 63.5 Å². The van der Waals surface area contributed by atoms with Crippen LogP contribution in [0.3, 0.4) is 0 Å². The first-order valence-electron chi connectivity index (χ1n) is 20.0. The molecule has 0 atom stereocenters. The number of hydrogen-bond acceptors (Lipinski definition) is 11. The van der Waals surface area contributed by atoms with Crippen molar-refractivity contribution in [2.24, 2.45) is 0 Å². The van der Waals surface area contributed by atoms with Crippen LogP contribution < -0.4 is 10.2 Å². The van der Waals surface area contributed by atoms with E-state index in [2.05, 4.69) is 5.32 Å². The van der Waals surface area contributed by atoms with Crippen LogP contribution in [0.2, 0.25) is 0 Å². The molecule has 0 saturated heterocycles. The number of nitrogens with zero attached hydrogens (tertiary/aromatic N) is 2. The van der Waals surface area contributed by atoms with Crippen LogP contribution in [0.25, 0.3) is 0 Å². The minimum atomic E-state index is -4.54. The Hall–Kier alpha value is -4.22. The number of carbonyl (C=O) groups is 1. The van der Waals surface area contributed by atoms with Crippen molar-refractivity contribution in [2.75, 3.05) is 36.0 Å². The molecule has 17 nitrogen and oxygen atoms in total. The fourth-order valence-electron chi connectivity index (χ4n) is 8.36. The number of carboxylic acids is 1. The van der Waals surface area contributed by atoms with Gasteiger partial charge in [-0.05, 0) is 105 Å². The Balaban J connectivity index is 1.60. The molecule has 0 aromatic heterocycles. The van der Waals surface area contributed by atoms with E-state index in [1.807, 2.05) is 61.5 Å². The van der Waals surface area contributed by atoms with E-state index in [-0.39, 0.29) is 35.6 Å². The third kappa shape index (κ3) is 11.7. The molecular formula is C41H54N3O14S4+. The van der Waals surface area contributed by atoms with Gasteiger partial charge < -0.3 is 15.3 Å². The summed E-state index contributed by atoms with van der Waals surface area (Å²) in [5.74, 6) is -1.88. The standard InChI is InChI=1S/C41H53N3O14S4/c1-40(2)32-26-30(61(53,54)55)14-16-34(32)43(22-5-7-24-59(47,48)49)36(40)18-12-28-10-9-11-29(39(28)42-21-20-38(45)46)13-19-37-41(3,4)33-27-31(62(56,57)58)15-17-35(33)44(37)23-6-8-25-60(50,51)52/h12-19,26-27H,5-11,20-25H2,1-4H3,(H5,45,46,47,48,49,50,51,52,53,54,55,56,57,58)/p+1. The highest BCUT2D eigenvalue weighted by molar-refractivity contribution is 7.86. The molecule has 2 heterocycles. The lowest BCUT2D eigenvalue weighted by molar-refractivity contribution is -0.438. The Labute approximate surface area is 363 Å². The van der Waals surface area contributed by atoms with Crippen molar-refractivity contribution in [3.63, 3.8) is 0 Å². The van der Waals surface area contributed by atoms with Crippen LogP contribution in [0.15, 0.2) is 93.0 Å². The van der Waals surface area contributed by atoms with Gasteiger partial charge in [-0.1, -0.05) is 26.0 Å². The van der Waals surface area contributed by atoms with Gasteiger partial charge >= 0.3 is 5.97 Å². The summed E-state index contributed by atoms with van der Waals surface area (Å²) in [6.07, 6.45) is 10.3. The number of unbranched alkanes of at least 4 members (excludes halogenated alkanes) is 2. The summed E-state index contributed by atoms with van der Waals surface area (Å²) in [5, 5.41) is 12.8. The number of hydrogen-bond donors (Lipinski definition) is 6. The topological polar surface area (TPSA) is 273 Å². The van der Waals surface area contributed by atoms with Crippen molar-refractivity contribution < 1.29 is 66.4 Å². The van der Waals surface area contributed by atoms with E-state index in [9.17, 15) is 61.8 Å². The van der Waals surface area contributed by atoms with Crippen molar-refractivity contribution in [3.8, 4) is 0 Å². The van der Waals surface area contributed by atoms with Crippen LogP contribution in [-0.4, -0.2) is 104 Å². The zero-order chi connectivity index (χ0) is 46.1. The molecule has 1 aliphatic carbocycles. The first-order valence-corrected chi connectivity index (χ1v) is 26.1. The molecule has 2 aliphatic heterocycles. The summed E-state index contributed by atoms with van der Waals surface area (Å²) < 4.78 is 135. The highest BCUT2D eigenvalue weighted by atomic mass is 32.2. The fourth-order valence-corrected chi connectivity index (χ4v) is 10.5. The van der Waals surface area contributed by atoms with Crippen LogP contribution in [-0.2, 0) is 56.1 Å². The Bertz CT molecular complexity index is 2730. The van der Waals surface area contributed by atoms with Gasteiger partial charge in [-0.2, -0.15) is 38.2 Å². The van der Waals surface area contributed by atoms with Crippen LogP contribution in [0.1, 0.15) is 90.2 Å². The van der Waals surface area contributed by atoms with Crippen molar-refractivity contribution in [1.29, 1.82) is 0 Å². The van der Waals surface area contributed by atoms with Gasteiger partial charge in [0.1, 0.15) is 6.54 Å². The van der Waals surface area contributed by atoms with E-state index >= 15 is 0 Å². The maximum absolute atomic E-state index is 12.1. The molecule has 0 spiro atoms. The van der Waals surface area contributed by atoms with E-state index < -0.39 is 68.8 Å². The quantitative estimate of drug-likeness (QED) is 0.0572. The zero-order valence-electron chi connectivity index (χ0n) is 34.9. The fraction of sp³-hybridized carbons (Fsp3) is 0.463. The van der Waals surface area contributed by atoms with Crippen LogP contribution in [0.5, 0.6) is 0 Å². The molecule has 6 N–H and O–H groups in total. The number of allylic oxidation sites excluding steroid dienone is 7. The normalized spacial score (nSPS) is 19.2. The summed E-state index contributed by atoms with van der Waals surface area (Å²) in [6.45, 7) is 8.30. The van der Waals surface area contributed by atoms with E-state index in [1.54, 1.807) is 12.1 Å². The van der Waals surface area contributed by atoms with E-state index in [0.717, 1.165) is 22.6 Å². The molecule has 0 saturated carbocycles. The van der Waals surface area contributed by atoms with E-state index in [4.69, 9.17) is 0 Å². The molecule has 3 aliphatic rings. The average Bonchev–Trinajstić information content (AvgIpc) is 3.49. The first kappa shape index (κ1) is 48.8. The number of aliphatic carboxylic acids is 1. The van der Waals surface area contributed by atoms with E-state index in [0.29, 0.717) is 73.4 Å². The highest BCUT2D eigenvalue weighted by Gasteiger charge is 2.45. The molecule has 0 bridgehead atoms. The van der Waals surface area contributed by atoms with Crippen molar-refractivity contribution in [2.45, 2.75) is 99.7 Å². The van der Waals surface area contributed by atoms with Crippen LogP contribution in [0.4, 0.5) is 11.4 Å². The molecular weight excluding hydrogens is 887 g/mol. The Morgan fingerprint density at radius 2 is 1.35 bits per heavy atom. The second-order valence-corrected chi connectivity index (χ2v) is 22.6. The average molecular weight is 941 g/mol. The molecule has 5 rings (SSSR count). The Morgan fingerprint density at radius 1 is 0.758 bits per heavy atom. The maximum atomic E-state index is 12.1. The lowest BCUT2D eigenvalue weighted by Crippen LogP contribution is -2.28. The van der Waals surface area contributed by atoms with Gasteiger partial charge in [0.15, 0.2) is 5.71 Å². The summed E-state index contributed by atoms with van der Waals surface area (Å²) in [6, 6.07) is 8.57. The van der Waals surface area contributed by atoms with Crippen LogP contribution >= 0.6 is 0 Å². The summed E-state index contributed by atoms with van der Waals surface area (Å²) in [4.78, 5) is 13.0.